The Balaban J connectivity index is 2.29. The standard InChI is InChI=1S/C32H46O12/c1-9-12-13-15-22(35)41-26-24-23(18(5)25(26)42-28(36)17(4)11-3)27-32(39,31(8,38)29(37)43-27)20(40-21(34)14-10-2)16-30(24,7)44-19(6)33/h11,20,24-27,38-39H,9-10,12-16H2,1-8H3/b17-11+/t20-,24?,25-,26?,27?,30-,31+,32+/m0/s1. The van der Waals surface area contributed by atoms with Crippen LogP contribution in [0, 0.1) is 5.92 Å². The lowest BCUT2D eigenvalue weighted by Crippen LogP contribution is -2.64. The normalized spacial score (nSPS) is 34.8. The fourth-order valence-electron chi connectivity index (χ4n) is 6.55. The molecule has 0 aromatic heterocycles. The summed E-state index contributed by atoms with van der Waals surface area (Å²) in [6.45, 7) is 12.3. The van der Waals surface area contributed by atoms with Crippen LogP contribution in [0.15, 0.2) is 22.8 Å². The highest BCUT2D eigenvalue weighted by molar-refractivity contribution is 5.88. The van der Waals surface area contributed by atoms with Crippen LogP contribution in [0.2, 0.25) is 0 Å². The molecule has 2 aliphatic carbocycles. The van der Waals surface area contributed by atoms with Gasteiger partial charge in [-0.15, -0.1) is 0 Å². The van der Waals surface area contributed by atoms with Gasteiger partial charge in [-0.25, -0.2) is 9.59 Å². The summed E-state index contributed by atoms with van der Waals surface area (Å²) in [5.41, 5.74) is -6.12. The first-order chi connectivity index (χ1) is 20.5. The number of allylic oxidation sites excluding steroid dienone is 1. The summed E-state index contributed by atoms with van der Waals surface area (Å²) in [6.07, 6.45) is -1.96. The maximum atomic E-state index is 13.2. The summed E-state index contributed by atoms with van der Waals surface area (Å²) >= 11 is 0. The fourth-order valence-corrected chi connectivity index (χ4v) is 6.55. The number of unbranched alkanes of at least 4 members (excludes halogenated alkanes) is 2. The van der Waals surface area contributed by atoms with Gasteiger partial charge in [0.15, 0.2) is 29.5 Å². The van der Waals surface area contributed by atoms with Crippen molar-refractivity contribution < 1.29 is 57.9 Å². The highest BCUT2D eigenvalue weighted by Crippen LogP contribution is 2.57. The lowest BCUT2D eigenvalue weighted by Gasteiger charge is -2.41. The Kier molecular flexibility index (Phi) is 10.7. The Bertz CT molecular complexity index is 1230. The zero-order valence-electron chi connectivity index (χ0n) is 26.9. The van der Waals surface area contributed by atoms with E-state index in [1.165, 1.54) is 13.8 Å². The molecule has 8 atom stereocenters. The molecule has 0 spiro atoms. The molecule has 1 heterocycles. The van der Waals surface area contributed by atoms with E-state index in [0.29, 0.717) is 12.8 Å². The van der Waals surface area contributed by atoms with E-state index in [4.69, 9.17) is 23.7 Å². The molecule has 0 bridgehead atoms. The van der Waals surface area contributed by atoms with Gasteiger partial charge in [-0.1, -0.05) is 32.8 Å². The van der Waals surface area contributed by atoms with Crippen molar-refractivity contribution in [1.29, 1.82) is 0 Å². The lowest BCUT2D eigenvalue weighted by atomic mass is 9.75. The van der Waals surface area contributed by atoms with Gasteiger partial charge in [0.05, 0.1) is 5.92 Å². The van der Waals surface area contributed by atoms with Gasteiger partial charge in [0.1, 0.15) is 11.7 Å². The van der Waals surface area contributed by atoms with Crippen LogP contribution in [0.3, 0.4) is 0 Å². The van der Waals surface area contributed by atoms with Crippen molar-refractivity contribution in [2.24, 2.45) is 5.92 Å². The van der Waals surface area contributed by atoms with E-state index in [9.17, 15) is 34.2 Å². The number of hydrogen-bond acceptors (Lipinski definition) is 12. The number of fused-ring (bicyclic) bond motifs is 3. The molecular weight excluding hydrogens is 576 g/mol. The van der Waals surface area contributed by atoms with Gasteiger partial charge >= 0.3 is 29.8 Å². The molecule has 1 aliphatic heterocycles. The number of carbonyl (C=O) groups is 5. The number of esters is 5. The quantitative estimate of drug-likeness (QED) is 0.114. The topological polar surface area (TPSA) is 172 Å². The van der Waals surface area contributed by atoms with E-state index in [2.05, 4.69) is 0 Å². The Morgan fingerprint density at radius 1 is 0.977 bits per heavy atom. The average Bonchev–Trinajstić information content (AvgIpc) is 3.26. The van der Waals surface area contributed by atoms with Crippen LogP contribution in [-0.4, -0.2) is 81.3 Å². The third-order valence-corrected chi connectivity index (χ3v) is 9.01. The largest absolute Gasteiger partial charge is 0.459 e. The number of ether oxygens (including phenoxy) is 5. The maximum absolute atomic E-state index is 13.2. The molecule has 3 rings (SSSR count). The van der Waals surface area contributed by atoms with Crippen molar-refractivity contribution in [2.75, 3.05) is 0 Å². The molecule has 1 saturated heterocycles. The van der Waals surface area contributed by atoms with Crippen LogP contribution < -0.4 is 0 Å². The minimum atomic E-state index is -2.57. The second kappa shape index (κ2) is 13.4. The summed E-state index contributed by atoms with van der Waals surface area (Å²) in [5.74, 6) is -5.05. The highest BCUT2D eigenvalue weighted by Gasteiger charge is 2.76. The van der Waals surface area contributed by atoms with Gasteiger partial charge in [0.2, 0.25) is 0 Å². The summed E-state index contributed by atoms with van der Waals surface area (Å²) in [5, 5.41) is 23.8. The second-order valence-electron chi connectivity index (χ2n) is 12.3. The molecule has 2 fully saturated rings. The number of aliphatic hydroxyl groups is 2. The Labute approximate surface area is 258 Å². The van der Waals surface area contributed by atoms with Crippen LogP contribution in [0.1, 0.15) is 100 Å². The van der Waals surface area contributed by atoms with Gasteiger partial charge in [0, 0.05) is 31.8 Å². The summed E-state index contributed by atoms with van der Waals surface area (Å²) in [6, 6.07) is 0. The van der Waals surface area contributed by atoms with Crippen LogP contribution in [0.5, 0.6) is 0 Å². The number of rotatable bonds is 11. The van der Waals surface area contributed by atoms with E-state index < -0.39 is 83.4 Å². The Morgan fingerprint density at radius 2 is 1.61 bits per heavy atom. The molecule has 0 radical (unpaired) electrons. The van der Waals surface area contributed by atoms with Crippen molar-refractivity contribution in [3.05, 3.63) is 22.8 Å². The molecular formula is C32H46O12. The zero-order valence-corrected chi connectivity index (χ0v) is 26.9. The van der Waals surface area contributed by atoms with Gasteiger partial charge in [-0.2, -0.15) is 0 Å². The fraction of sp³-hybridized carbons (Fsp3) is 0.719. The van der Waals surface area contributed by atoms with E-state index >= 15 is 0 Å². The first-order valence-corrected chi connectivity index (χ1v) is 15.3. The summed E-state index contributed by atoms with van der Waals surface area (Å²) in [7, 11) is 0. The third-order valence-electron chi connectivity index (χ3n) is 9.01. The maximum Gasteiger partial charge on any atom is 0.341 e. The molecule has 246 valence electrons. The molecule has 0 aromatic carbocycles. The Morgan fingerprint density at radius 3 is 2.18 bits per heavy atom. The van der Waals surface area contributed by atoms with Crippen LogP contribution in [0.4, 0.5) is 0 Å². The molecule has 0 amide bonds. The van der Waals surface area contributed by atoms with Crippen molar-refractivity contribution in [3.8, 4) is 0 Å². The Hall–Kier alpha value is -3.25. The van der Waals surface area contributed by atoms with Gasteiger partial charge < -0.3 is 33.9 Å². The zero-order chi connectivity index (χ0) is 33.2. The van der Waals surface area contributed by atoms with Crippen molar-refractivity contribution in [1.82, 2.24) is 0 Å². The third kappa shape index (κ3) is 6.28. The van der Waals surface area contributed by atoms with Crippen molar-refractivity contribution in [3.63, 3.8) is 0 Å². The minimum absolute atomic E-state index is 0.0239. The smallest absolute Gasteiger partial charge is 0.341 e. The molecule has 12 heteroatoms. The number of carbonyl (C=O) groups excluding carboxylic acids is 5. The second-order valence-corrected chi connectivity index (χ2v) is 12.3. The van der Waals surface area contributed by atoms with E-state index in [-0.39, 0.29) is 29.6 Å². The SMILES string of the molecule is C/C=C(\C)C(=O)O[C@H]1C(C)=C2C(C1OC(=O)CCCCC)[C@@](C)(OC(C)=O)C[C@H](OC(=O)CCC)[C@@]1(O)C2OC(=O)[C@@]1(C)O. The monoisotopic (exact) mass is 622 g/mol. The summed E-state index contributed by atoms with van der Waals surface area (Å²) < 4.78 is 29.1. The average molecular weight is 623 g/mol. The molecule has 1 saturated carbocycles. The van der Waals surface area contributed by atoms with E-state index in [0.717, 1.165) is 19.8 Å². The van der Waals surface area contributed by atoms with E-state index in [1.807, 2.05) is 6.92 Å². The lowest BCUT2D eigenvalue weighted by molar-refractivity contribution is -0.212. The van der Waals surface area contributed by atoms with Gasteiger partial charge in [0.25, 0.3) is 0 Å². The van der Waals surface area contributed by atoms with Crippen LogP contribution in [0.25, 0.3) is 0 Å². The van der Waals surface area contributed by atoms with Gasteiger partial charge in [-0.3, -0.25) is 14.4 Å². The molecule has 3 unspecified atom stereocenters. The van der Waals surface area contributed by atoms with E-state index in [1.54, 1.807) is 33.8 Å². The molecule has 0 aromatic rings. The first-order valence-electron chi connectivity index (χ1n) is 15.3. The first kappa shape index (κ1) is 35.2. The predicted octanol–water partition coefficient (Wildman–Crippen LogP) is 3.15. The summed E-state index contributed by atoms with van der Waals surface area (Å²) in [4.78, 5) is 64.7. The van der Waals surface area contributed by atoms with Crippen molar-refractivity contribution >= 4 is 29.8 Å². The van der Waals surface area contributed by atoms with Gasteiger partial charge in [-0.05, 0) is 58.6 Å². The molecule has 12 nitrogen and oxygen atoms in total. The van der Waals surface area contributed by atoms with Crippen LogP contribution >= 0.6 is 0 Å². The predicted molar refractivity (Wildman–Crippen MR) is 155 cm³/mol. The molecule has 44 heavy (non-hydrogen) atoms. The highest BCUT2D eigenvalue weighted by atomic mass is 16.6. The van der Waals surface area contributed by atoms with Crippen LogP contribution in [-0.2, 0) is 47.7 Å². The minimum Gasteiger partial charge on any atom is -0.459 e. The molecule has 3 aliphatic rings. The number of hydrogen-bond donors (Lipinski definition) is 2. The van der Waals surface area contributed by atoms with Crippen molar-refractivity contribution in [2.45, 2.75) is 142 Å². The molecule has 2 N–H and O–H groups in total.